The zero-order chi connectivity index (χ0) is 10.5. The Hall–Kier alpha value is -0.150. The predicted octanol–water partition coefficient (Wildman–Crippen LogP) is 2.01. The summed E-state index contributed by atoms with van der Waals surface area (Å²) in [5.74, 6) is 0. The quantitative estimate of drug-likeness (QED) is 0.667. The van der Waals surface area contributed by atoms with Crippen LogP contribution in [0.4, 0.5) is 4.39 Å². The normalized spacial score (nSPS) is 12.9. The van der Waals surface area contributed by atoms with Crippen molar-refractivity contribution in [2.75, 3.05) is 19.9 Å². The van der Waals surface area contributed by atoms with Crippen LogP contribution in [0.5, 0.6) is 0 Å². The van der Waals surface area contributed by atoms with Crippen LogP contribution in [0.15, 0.2) is 0 Å². The van der Waals surface area contributed by atoms with Gasteiger partial charge in [0.1, 0.15) is 6.80 Å². The van der Waals surface area contributed by atoms with Gasteiger partial charge in [-0.1, -0.05) is 0 Å². The van der Waals surface area contributed by atoms with E-state index in [1.165, 1.54) is 0 Å². The monoisotopic (exact) mass is 190 g/mol. The van der Waals surface area contributed by atoms with Crippen molar-refractivity contribution in [3.05, 3.63) is 0 Å². The molecule has 0 saturated heterocycles. The van der Waals surface area contributed by atoms with E-state index in [4.69, 9.17) is 0 Å². The number of halogens is 1. The molecule has 0 heterocycles. The Bertz CT molecular complexity index is 129. The van der Waals surface area contributed by atoms with Gasteiger partial charge in [-0.15, -0.1) is 0 Å². The molecule has 0 radical (unpaired) electrons. The number of hydrogen-bond acceptors (Lipinski definition) is 2. The van der Waals surface area contributed by atoms with Crippen LogP contribution in [0.3, 0.4) is 0 Å². The summed E-state index contributed by atoms with van der Waals surface area (Å²) in [5, 5.41) is 3.33. The van der Waals surface area contributed by atoms with Gasteiger partial charge in [-0.2, -0.15) is 0 Å². The maximum atomic E-state index is 12.4. The lowest BCUT2D eigenvalue weighted by atomic mass is 10.1. The SMILES string of the molecule is CC(C)N(CF)CCNC(C)(C)C. The lowest BCUT2D eigenvalue weighted by Gasteiger charge is -2.26. The third kappa shape index (κ3) is 6.96. The predicted molar refractivity (Wildman–Crippen MR) is 55.6 cm³/mol. The zero-order valence-electron chi connectivity index (χ0n) is 9.52. The second kappa shape index (κ2) is 5.55. The molecule has 0 aromatic rings. The average molecular weight is 190 g/mol. The second-order valence-corrected chi connectivity index (χ2v) is 4.70. The highest BCUT2D eigenvalue weighted by molar-refractivity contribution is 4.71. The van der Waals surface area contributed by atoms with Crippen molar-refractivity contribution in [1.82, 2.24) is 10.2 Å². The maximum Gasteiger partial charge on any atom is 0.143 e. The summed E-state index contributed by atoms with van der Waals surface area (Å²) in [4.78, 5) is 1.80. The summed E-state index contributed by atoms with van der Waals surface area (Å²) in [6.07, 6.45) is 0. The van der Waals surface area contributed by atoms with Crippen molar-refractivity contribution in [2.24, 2.45) is 0 Å². The first-order valence-corrected chi connectivity index (χ1v) is 4.92. The van der Waals surface area contributed by atoms with Gasteiger partial charge in [0.2, 0.25) is 0 Å². The Balaban J connectivity index is 3.62. The van der Waals surface area contributed by atoms with E-state index in [0.29, 0.717) is 0 Å². The summed E-state index contributed by atoms with van der Waals surface area (Å²) in [7, 11) is 0. The van der Waals surface area contributed by atoms with Crippen molar-refractivity contribution < 1.29 is 4.39 Å². The fraction of sp³-hybridized carbons (Fsp3) is 1.00. The molecule has 0 fully saturated rings. The third-order valence-electron chi connectivity index (χ3n) is 1.94. The molecular weight excluding hydrogens is 167 g/mol. The van der Waals surface area contributed by atoms with Crippen LogP contribution in [0.1, 0.15) is 34.6 Å². The van der Waals surface area contributed by atoms with Crippen molar-refractivity contribution >= 4 is 0 Å². The molecule has 3 heteroatoms. The lowest BCUT2D eigenvalue weighted by molar-refractivity contribution is 0.144. The van der Waals surface area contributed by atoms with E-state index >= 15 is 0 Å². The standard InChI is InChI=1S/C10H23FN2/c1-9(2)13(8-11)7-6-12-10(3,4)5/h9,12H,6-8H2,1-5H3. The average Bonchev–Trinajstić information content (AvgIpc) is 1.95. The topological polar surface area (TPSA) is 15.3 Å². The van der Waals surface area contributed by atoms with E-state index in [9.17, 15) is 4.39 Å². The van der Waals surface area contributed by atoms with E-state index < -0.39 is 0 Å². The van der Waals surface area contributed by atoms with Gasteiger partial charge in [0, 0.05) is 24.7 Å². The first-order valence-electron chi connectivity index (χ1n) is 4.92. The van der Waals surface area contributed by atoms with E-state index in [1.54, 1.807) is 4.90 Å². The van der Waals surface area contributed by atoms with Gasteiger partial charge in [-0.3, -0.25) is 4.90 Å². The van der Waals surface area contributed by atoms with Crippen molar-refractivity contribution in [3.8, 4) is 0 Å². The lowest BCUT2D eigenvalue weighted by Crippen LogP contribution is -2.42. The fourth-order valence-electron chi connectivity index (χ4n) is 1.03. The summed E-state index contributed by atoms with van der Waals surface area (Å²) in [5.41, 5.74) is 0.124. The highest BCUT2D eigenvalue weighted by Gasteiger charge is 2.11. The summed E-state index contributed by atoms with van der Waals surface area (Å²) in [6.45, 7) is 11.6. The number of hydrogen-bond donors (Lipinski definition) is 1. The maximum absolute atomic E-state index is 12.4. The molecule has 80 valence electrons. The van der Waals surface area contributed by atoms with E-state index in [2.05, 4.69) is 26.1 Å². The molecule has 0 aromatic carbocycles. The van der Waals surface area contributed by atoms with Crippen LogP contribution in [0.25, 0.3) is 0 Å². The van der Waals surface area contributed by atoms with Gasteiger partial charge in [0.15, 0.2) is 0 Å². The van der Waals surface area contributed by atoms with Crippen LogP contribution in [0, 0.1) is 0 Å². The van der Waals surface area contributed by atoms with Gasteiger partial charge in [0.05, 0.1) is 0 Å². The molecule has 1 N–H and O–H groups in total. The van der Waals surface area contributed by atoms with Gasteiger partial charge in [-0.25, -0.2) is 4.39 Å². The number of rotatable bonds is 5. The van der Waals surface area contributed by atoms with Crippen LogP contribution in [-0.4, -0.2) is 36.4 Å². The molecule has 0 rings (SSSR count). The Morgan fingerprint density at radius 1 is 1.31 bits per heavy atom. The van der Waals surface area contributed by atoms with Crippen molar-refractivity contribution in [3.63, 3.8) is 0 Å². The van der Waals surface area contributed by atoms with Crippen molar-refractivity contribution in [2.45, 2.75) is 46.2 Å². The van der Waals surface area contributed by atoms with Crippen molar-refractivity contribution in [1.29, 1.82) is 0 Å². The Morgan fingerprint density at radius 3 is 2.15 bits per heavy atom. The minimum Gasteiger partial charge on any atom is -0.311 e. The molecule has 0 unspecified atom stereocenters. The zero-order valence-corrected chi connectivity index (χ0v) is 9.52. The molecule has 0 bridgehead atoms. The molecule has 0 aromatic heterocycles. The summed E-state index contributed by atoms with van der Waals surface area (Å²) < 4.78 is 12.4. The highest BCUT2D eigenvalue weighted by atomic mass is 19.1. The molecule has 13 heavy (non-hydrogen) atoms. The molecular formula is C10H23FN2. The Labute approximate surface area is 81.5 Å². The molecule has 2 nitrogen and oxygen atoms in total. The van der Waals surface area contributed by atoms with Crippen LogP contribution in [-0.2, 0) is 0 Å². The number of nitrogens with zero attached hydrogens (tertiary/aromatic N) is 1. The minimum absolute atomic E-state index is 0.124. The smallest absolute Gasteiger partial charge is 0.143 e. The molecule has 0 atom stereocenters. The molecule has 0 spiro atoms. The van der Waals surface area contributed by atoms with Gasteiger partial charge < -0.3 is 5.32 Å². The first kappa shape index (κ1) is 12.8. The Morgan fingerprint density at radius 2 is 1.85 bits per heavy atom. The van der Waals surface area contributed by atoms with Gasteiger partial charge >= 0.3 is 0 Å². The number of nitrogens with one attached hydrogen (secondary N) is 1. The molecule has 0 amide bonds. The third-order valence-corrected chi connectivity index (χ3v) is 1.94. The first-order chi connectivity index (χ1) is 5.87. The fourth-order valence-corrected chi connectivity index (χ4v) is 1.03. The van der Waals surface area contributed by atoms with Crippen LogP contribution < -0.4 is 5.32 Å². The second-order valence-electron chi connectivity index (χ2n) is 4.70. The molecule has 0 aliphatic rings. The summed E-state index contributed by atoms with van der Waals surface area (Å²) in [6, 6.07) is 0.284. The number of alkyl halides is 1. The minimum atomic E-state index is -0.358. The van der Waals surface area contributed by atoms with Crippen LogP contribution in [0.2, 0.25) is 0 Å². The molecule has 0 aliphatic heterocycles. The largest absolute Gasteiger partial charge is 0.311 e. The summed E-state index contributed by atoms with van der Waals surface area (Å²) >= 11 is 0. The highest BCUT2D eigenvalue weighted by Crippen LogP contribution is 2.00. The van der Waals surface area contributed by atoms with E-state index in [0.717, 1.165) is 13.1 Å². The van der Waals surface area contributed by atoms with E-state index in [1.807, 2.05) is 13.8 Å². The Kier molecular flexibility index (Phi) is 5.49. The van der Waals surface area contributed by atoms with Crippen LogP contribution >= 0.6 is 0 Å². The molecule has 0 saturated carbocycles. The molecule has 0 aliphatic carbocycles. The van der Waals surface area contributed by atoms with E-state index in [-0.39, 0.29) is 18.4 Å². The van der Waals surface area contributed by atoms with Gasteiger partial charge in [0.25, 0.3) is 0 Å². The van der Waals surface area contributed by atoms with Gasteiger partial charge in [-0.05, 0) is 34.6 Å².